The van der Waals surface area contributed by atoms with Crippen molar-refractivity contribution in [1.29, 1.82) is 0 Å². The number of nitrogens with one attached hydrogen (secondary N) is 2. The van der Waals surface area contributed by atoms with Crippen LogP contribution in [0.2, 0.25) is 0 Å². The zero-order valence-corrected chi connectivity index (χ0v) is 10.3. The Labute approximate surface area is 106 Å². The lowest BCUT2D eigenvalue weighted by molar-refractivity contribution is 0.418. The number of aliphatic imine (C=N–C) groups is 1. The minimum absolute atomic E-state index is 0. The van der Waals surface area contributed by atoms with Crippen molar-refractivity contribution in [3.63, 3.8) is 0 Å². The Kier molecular flexibility index (Phi) is 2.64. The summed E-state index contributed by atoms with van der Waals surface area (Å²) < 4.78 is 5.29. The second-order valence-electron chi connectivity index (χ2n) is 4.10. The molecule has 0 saturated carbocycles. The van der Waals surface area contributed by atoms with Crippen LogP contribution in [0.15, 0.2) is 23.5 Å². The van der Waals surface area contributed by atoms with E-state index in [-0.39, 0.29) is 7.59 Å². The van der Waals surface area contributed by atoms with E-state index in [0.717, 1.165) is 28.9 Å². The molecule has 0 saturated heterocycles. The second-order valence-corrected chi connectivity index (χ2v) is 4.10. The summed E-state index contributed by atoms with van der Waals surface area (Å²) in [7, 11) is 1.64. The van der Waals surface area contributed by atoms with Gasteiger partial charge in [0, 0.05) is 13.0 Å². The van der Waals surface area contributed by atoms with Crippen LogP contribution >= 0.6 is 0 Å². The molecular weight excluding hydrogens is 230 g/mol. The predicted molar refractivity (Wildman–Crippen MR) is 72.9 cm³/mol. The summed E-state index contributed by atoms with van der Waals surface area (Å²) in [5.41, 5.74) is 4.20. The minimum Gasteiger partial charge on any atom is -0.494 e. The van der Waals surface area contributed by atoms with E-state index < -0.39 is 0 Å². The fraction of sp³-hybridized carbons (Fsp3) is 0.333. The van der Waals surface area contributed by atoms with Gasteiger partial charge in [-0.3, -0.25) is 4.99 Å². The van der Waals surface area contributed by atoms with Crippen molar-refractivity contribution >= 4 is 23.1 Å². The van der Waals surface area contributed by atoms with Gasteiger partial charge in [-0.15, -0.1) is 0 Å². The first-order chi connectivity index (χ1) is 8.83. The molecule has 96 valence electrons. The monoisotopic (exact) mass is 247 g/mol. The molecule has 18 heavy (non-hydrogen) atoms. The molecule has 6 nitrogen and oxygen atoms in total. The number of ether oxygens (including phenoxy) is 1. The van der Waals surface area contributed by atoms with E-state index >= 15 is 0 Å². The number of aromatic amines is 1. The van der Waals surface area contributed by atoms with E-state index in [1.54, 1.807) is 19.6 Å². The summed E-state index contributed by atoms with van der Waals surface area (Å²) in [4.78, 5) is 12.0. The van der Waals surface area contributed by atoms with Crippen LogP contribution in [0, 0.1) is 0 Å². The highest BCUT2D eigenvalue weighted by Crippen LogP contribution is 2.30. The van der Waals surface area contributed by atoms with Gasteiger partial charge in [0.05, 0.1) is 18.8 Å². The van der Waals surface area contributed by atoms with Gasteiger partial charge >= 0.3 is 0 Å². The molecule has 0 radical (unpaired) electrons. The minimum atomic E-state index is 0. The average molecular weight is 247 g/mol. The van der Waals surface area contributed by atoms with Gasteiger partial charge in [-0.2, -0.15) is 0 Å². The number of rotatable bonds is 3. The first-order valence-electron chi connectivity index (χ1n) is 5.92. The highest BCUT2D eigenvalue weighted by molar-refractivity contribution is 5.97. The fourth-order valence-electron chi connectivity index (χ4n) is 2.05. The highest BCUT2D eigenvalue weighted by Gasteiger charge is 2.20. The van der Waals surface area contributed by atoms with Crippen molar-refractivity contribution in [2.75, 3.05) is 12.1 Å². The van der Waals surface area contributed by atoms with Crippen molar-refractivity contribution in [3.05, 3.63) is 18.5 Å². The highest BCUT2D eigenvalue weighted by atomic mass is 16.5. The van der Waals surface area contributed by atoms with Gasteiger partial charge in [0.1, 0.15) is 18.3 Å². The zero-order valence-electron chi connectivity index (χ0n) is 10.3. The Morgan fingerprint density at radius 2 is 2.44 bits per heavy atom. The summed E-state index contributed by atoms with van der Waals surface area (Å²) in [5, 5.41) is 2.85. The van der Waals surface area contributed by atoms with Crippen molar-refractivity contribution < 1.29 is 6.16 Å². The van der Waals surface area contributed by atoms with Crippen LogP contribution in [0.1, 0.15) is 14.8 Å². The van der Waals surface area contributed by atoms with Gasteiger partial charge in [-0.05, 0) is 12.5 Å². The number of H-pyrrole nitrogens is 1. The number of methoxy groups -OCH3 is 1. The maximum Gasteiger partial charge on any atom is 0.173 e. The lowest BCUT2D eigenvalue weighted by Crippen LogP contribution is -2.37. The van der Waals surface area contributed by atoms with Crippen molar-refractivity contribution in [2.24, 2.45) is 4.99 Å². The van der Waals surface area contributed by atoms with E-state index in [4.69, 9.17) is 4.74 Å². The molecule has 2 aromatic rings. The summed E-state index contributed by atoms with van der Waals surface area (Å²) in [6.07, 6.45) is 6.43. The Balaban J connectivity index is 0.00000133. The molecule has 3 rings (SSSR count). The SMILES string of the molecule is CCC1N=CN(c2ncc(OC)c3cc[nH]c23)N1.[HH]. The zero-order chi connectivity index (χ0) is 12.5. The number of anilines is 1. The average Bonchev–Trinajstić information content (AvgIpc) is 3.06. The number of hydrogen-bond acceptors (Lipinski definition) is 5. The van der Waals surface area contributed by atoms with Crippen LogP contribution in [0.5, 0.6) is 5.75 Å². The van der Waals surface area contributed by atoms with E-state index in [9.17, 15) is 0 Å². The predicted octanol–water partition coefficient (Wildman–Crippen LogP) is 1.91. The first-order valence-corrected chi connectivity index (χ1v) is 5.92. The van der Waals surface area contributed by atoms with Gasteiger partial charge < -0.3 is 9.72 Å². The second kappa shape index (κ2) is 4.30. The summed E-state index contributed by atoms with van der Waals surface area (Å²) in [6, 6.07) is 1.98. The molecule has 0 aromatic carbocycles. The van der Waals surface area contributed by atoms with Gasteiger partial charge in [0.2, 0.25) is 0 Å². The maximum atomic E-state index is 5.29. The Bertz CT molecular complexity index is 597. The topological polar surface area (TPSA) is 65.5 Å². The van der Waals surface area contributed by atoms with E-state index in [1.807, 2.05) is 17.3 Å². The Hall–Kier alpha value is -2.08. The number of hydrazine groups is 1. The third-order valence-corrected chi connectivity index (χ3v) is 3.03. The molecular formula is C12H17N5O. The van der Waals surface area contributed by atoms with Gasteiger partial charge in [-0.1, -0.05) is 6.92 Å². The molecule has 1 unspecified atom stereocenters. The molecule has 3 heterocycles. The summed E-state index contributed by atoms with van der Waals surface area (Å²) >= 11 is 0. The number of nitrogens with zero attached hydrogens (tertiary/aromatic N) is 3. The lowest BCUT2D eigenvalue weighted by atomic mass is 10.3. The molecule has 2 aromatic heterocycles. The van der Waals surface area contributed by atoms with Crippen LogP contribution in [-0.2, 0) is 0 Å². The van der Waals surface area contributed by atoms with Crippen LogP contribution in [0.4, 0.5) is 5.82 Å². The van der Waals surface area contributed by atoms with E-state index in [1.165, 1.54) is 0 Å². The van der Waals surface area contributed by atoms with Crippen LogP contribution in [0.3, 0.4) is 0 Å². The molecule has 0 amide bonds. The largest absolute Gasteiger partial charge is 0.494 e. The molecule has 1 atom stereocenters. The third-order valence-electron chi connectivity index (χ3n) is 3.03. The smallest absolute Gasteiger partial charge is 0.173 e. The van der Waals surface area contributed by atoms with Crippen molar-refractivity contribution in [1.82, 2.24) is 15.4 Å². The van der Waals surface area contributed by atoms with E-state index in [0.29, 0.717) is 0 Å². The molecule has 2 N–H and O–H groups in total. The molecule has 0 spiro atoms. The Morgan fingerprint density at radius 3 is 3.17 bits per heavy atom. The van der Waals surface area contributed by atoms with Crippen LogP contribution in [-0.4, -0.2) is 29.6 Å². The summed E-state index contributed by atoms with van der Waals surface area (Å²) in [5.74, 6) is 1.56. The molecule has 0 aliphatic carbocycles. The summed E-state index contributed by atoms with van der Waals surface area (Å²) in [6.45, 7) is 2.09. The van der Waals surface area contributed by atoms with Gasteiger partial charge in [0.15, 0.2) is 5.82 Å². The maximum absolute atomic E-state index is 5.29. The third kappa shape index (κ3) is 1.62. The van der Waals surface area contributed by atoms with E-state index in [2.05, 4.69) is 27.3 Å². The van der Waals surface area contributed by atoms with Gasteiger partial charge in [-0.25, -0.2) is 15.4 Å². The molecule has 1 aliphatic heterocycles. The quantitative estimate of drug-likeness (QED) is 0.869. The first kappa shape index (κ1) is 11.0. The molecule has 1 aliphatic rings. The molecule has 6 heteroatoms. The van der Waals surface area contributed by atoms with Gasteiger partial charge in [0.25, 0.3) is 0 Å². The fourth-order valence-corrected chi connectivity index (χ4v) is 2.05. The van der Waals surface area contributed by atoms with Crippen LogP contribution < -0.4 is 15.2 Å². The lowest BCUT2D eigenvalue weighted by Gasteiger charge is -2.17. The van der Waals surface area contributed by atoms with Crippen LogP contribution in [0.25, 0.3) is 10.9 Å². The molecule has 0 fully saturated rings. The number of fused-ring (bicyclic) bond motifs is 1. The number of pyridine rings is 1. The normalized spacial score (nSPS) is 18.8. The van der Waals surface area contributed by atoms with Crippen molar-refractivity contribution in [3.8, 4) is 5.75 Å². The standard InChI is InChI=1S/C12H15N5O.H2/c1-3-10-15-7-17(16-10)12-11-8(4-5-13-11)9(18-2)6-14-12;/h4-7,10,13,16H,3H2,1-2H3;1H. The number of hydrogen-bond donors (Lipinski definition) is 2. The molecule has 0 bridgehead atoms. The van der Waals surface area contributed by atoms with Crippen molar-refractivity contribution in [2.45, 2.75) is 19.5 Å². The Morgan fingerprint density at radius 1 is 1.56 bits per heavy atom. The number of aromatic nitrogens is 2.